The number of hydrogen-bond acceptors (Lipinski definition) is 4. The Morgan fingerprint density at radius 2 is 1.77 bits per heavy atom. The Hall–Kier alpha value is -2.99. The maximum Gasteiger partial charge on any atom is 0.237 e. The molecule has 5 rings (SSSR count). The smallest absolute Gasteiger partial charge is 0.237 e. The number of pyridine rings is 1. The molecule has 1 fully saturated rings. The molecule has 0 saturated carbocycles. The Kier molecular flexibility index (Phi) is 7.57. The highest BCUT2D eigenvalue weighted by molar-refractivity contribution is 6.31. The molecular weight excluding hydrogens is 456 g/mol. The molecule has 6 heteroatoms. The Labute approximate surface area is 212 Å². The highest BCUT2D eigenvalue weighted by Crippen LogP contribution is 2.31. The summed E-state index contributed by atoms with van der Waals surface area (Å²) in [6, 6.07) is 23.0. The van der Waals surface area contributed by atoms with E-state index in [1.807, 2.05) is 48.5 Å². The van der Waals surface area contributed by atoms with E-state index in [-0.39, 0.29) is 18.0 Å². The first-order valence-electron chi connectivity index (χ1n) is 12.3. The number of hydrogen-bond donors (Lipinski definition) is 2. The SMILES string of the molecule is O=C(NCc1cccnc1)[C@@H]1C[C@H](NC/C(Cl)=C/c2ccccc2)CN1C1Cc2ccccc2C1. The van der Waals surface area contributed by atoms with Crippen molar-refractivity contribution in [2.24, 2.45) is 0 Å². The van der Waals surface area contributed by atoms with E-state index in [4.69, 9.17) is 11.6 Å². The van der Waals surface area contributed by atoms with Gasteiger partial charge >= 0.3 is 0 Å². The van der Waals surface area contributed by atoms with Crippen molar-refractivity contribution in [2.45, 2.75) is 43.9 Å². The number of nitrogens with zero attached hydrogens (tertiary/aromatic N) is 2. The number of benzene rings is 2. The van der Waals surface area contributed by atoms with Gasteiger partial charge < -0.3 is 10.6 Å². The summed E-state index contributed by atoms with van der Waals surface area (Å²) < 4.78 is 0. The van der Waals surface area contributed by atoms with Crippen molar-refractivity contribution in [3.05, 3.63) is 106 Å². The van der Waals surface area contributed by atoms with Gasteiger partial charge in [-0.3, -0.25) is 14.7 Å². The number of likely N-dealkylation sites (tertiary alicyclic amines) is 1. The maximum atomic E-state index is 13.3. The van der Waals surface area contributed by atoms with E-state index >= 15 is 0 Å². The zero-order valence-corrected chi connectivity index (χ0v) is 20.5. The second kappa shape index (κ2) is 11.2. The van der Waals surface area contributed by atoms with Crippen LogP contribution in [-0.2, 0) is 24.2 Å². The normalized spacial score (nSPS) is 20.7. The molecule has 1 aliphatic carbocycles. The first-order valence-corrected chi connectivity index (χ1v) is 12.7. The third-order valence-corrected chi connectivity index (χ3v) is 7.26. The summed E-state index contributed by atoms with van der Waals surface area (Å²) in [4.78, 5) is 19.9. The number of carbonyl (C=O) groups is 1. The first-order chi connectivity index (χ1) is 17.2. The molecule has 5 nitrogen and oxygen atoms in total. The fourth-order valence-corrected chi connectivity index (χ4v) is 5.48. The van der Waals surface area contributed by atoms with Crippen LogP contribution in [0.15, 0.2) is 84.2 Å². The van der Waals surface area contributed by atoms with Gasteiger partial charge in [0.1, 0.15) is 0 Å². The molecule has 3 aromatic rings. The highest BCUT2D eigenvalue weighted by Gasteiger charge is 2.41. The molecule has 2 aliphatic rings. The number of carbonyl (C=O) groups excluding carboxylic acids is 1. The topological polar surface area (TPSA) is 57.3 Å². The van der Waals surface area contributed by atoms with E-state index in [2.05, 4.69) is 44.8 Å². The summed E-state index contributed by atoms with van der Waals surface area (Å²) in [7, 11) is 0. The zero-order valence-electron chi connectivity index (χ0n) is 19.7. The van der Waals surface area contributed by atoms with Gasteiger partial charge in [-0.05, 0) is 53.7 Å². The number of fused-ring (bicyclic) bond motifs is 1. The second-order valence-electron chi connectivity index (χ2n) is 9.44. The average molecular weight is 487 g/mol. The van der Waals surface area contributed by atoms with Crippen molar-refractivity contribution in [1.82, 2.24) is 20.5 Å². The molecule has 0 bridgehead atoms. The molecule has 1 aliphatic heterocycles. The van der Waals surface area contributed by atoms with Crippen LogP contribution >= 0.6 is 11.6 Å². The first kappa shape index (κ1) is 23.7. The van der Waals surface area contributed by atoms with Crippen LogP contribution in [0.2, 0.25) is 0 Å². The van der Waals surface area contributed by atoms with Crippen LogP contribution in [0.25, 0.3) is 6.08 Å². The van der Waals surface area contributed by atoms with Gasteiger partial charge in [-0.25, -0.2) is 0 Å². The van der Waals surface area contributed by atoms with Gasteiger partial charge in [-0.15, -0.1) is 0 Å². The Bertz CT molecular complexity index is 1140. The largest absolute Gasteiger partial charge is 0.351 e. The second-order valence-corrected chi connectivity index (χ2v) is 9.92. The van der Waals surface area contributed by atoms with Crippen LogP contribution in [0.1, 0.15) is 28.7 Å². The van der Waals surface area contributed by atoms with Crippen LogP contribution in [0.3, 0.4) is 0 Å². The quantitative estimate of drug-likeness (QED) is 0.501. The van der Waals surface area contributed by atoms with Gasteiger partial charge in [-0.1, -0.05) is 72.3 Å². The average Bonchev–Trinajstić information content (AvgIpc) is 3.52. The molecule has 2 atom stereocenters. The number of rotatable bonds is 8. The molecule has 1 amide bonds. The van der Waals surface area contributed by atoms with Crippen molar-refractivity contribution >= 4 is 23.6 Å². The molecule has 35 heavy (non-hydrogen) atoms. The van der Waals surface area contributed by atoms with Gasteiger partial charge in [0.25, 0.3) is 0 Å². The number of amides is 1. The summed E-state index contributed by atoms with van der Waals surface area (Å²) in [6.07, 6.45) is 8.28. The summed E-state index contributed by atoms with van der Waals surface area (Å²) in [6.45, 7) is 1.91. The lowest BCUT2D eigenvalue weighted by molar-refractivity contribution is -0.126. The highest BCUT2D eigenvalue weighted by atomic mass is 35.5. The molecular formula is C29H31ClN4O. The Morgan fingerprint density at radius 3 is 2.49 bits per heavy atom. The monoisotopic (exact) mass is 486 g/mol. The maximum absolute atomic E-state index is 13.3. The van der Waals surface area contributed by atoms with E-state index in [9.17, 15) is 4.79 Å². The molecule has 0 spiro atoms. The fourth-order valence-electron chi connectivity index (χ4n) is 5.27. The van der Waals surface area contributed by atoms with E-state index in [1.54, 1.807) is 12.4 Å². The molecule has 0 radical (unpaired) electrons. The van der Waals surface area contributed by atoms with E-state index in [1.165, 1.54) is 11.1 Å². The third kappa shape index (κ3) is 5.99. The van der Waals surface area contributed by atoms with Gasteiger partial charge in [0, 0.05) is 49.1 Å². The lowest BCUT2D eigenvalue weighted by Gasteiger charge is -2.29. The summed E-state index contributed by atoms with van der Waals surface area (Å²) in [5.41, 5.74) is 4.89. The van der Waals surface area contributed by atoms with Crippen molar-refractivity contribution in [1.29, 1.82) is 0 Å². The lowest BCUT2D eigenvalue weighted by atomic mass is 10.1. The zero-order chi connectivity index (χ0) is 24.0. The number of aromatic nitrogens is 1. The molecule has 2 N–H and O–H groups in total. The van der Waals surface area contributed by atoms with Crippen LogP contribution in [0, 0.1) is 0 Å². The Morgan fingerprint density at radius 1 is 1.03 bits per heavy atom. The van der Waals surface area contributed by atoms with Crippen LogP contribution < -0.4 is 10.6 Å². The van der Waals surface area contributed by atoms with Crippen LogP contribution in [0.5, 0.6) is 0 Å². The molecule has 1 saturated heterocycles. The van der Waals surface area contributed by atoms with Crippen molar-refractivity contribution < 1.29 is 4.79 Å². The minimum absolute atomic E-state index is 0.0834. The van der Waals surface area contributed by atoms with Crippen LogP contribution in [-0.4, -0.2) is 47.0 Å². The van der Waals surface area contributed by atoms with Crippen molar-refractivity contribution in [2.75, 3.05) is 13.1 Å². The third-order valence-electron chi connectivity index (χ3n) is 7.01. The molecule has 2 aromatic carbocycles. The van der Waals surface area contributed by atoms with E-state index < -0.39 is 0 Å². The number of halogens is 1. The number of nitrogens with one attached hydrogen (secondary N) is 2. The minimum Gasteiger partial charge on any atom is -0.351 e. The molecule has 1 aromatic heterocycles. The van der Waals surface area contributed by atoms with E-state index in [0.29, 0.717) is 19.1 Å². The predicted octanol–water partition coefficient (Wildman–Crippen LogP) is 4.18. The fraction of sp³-hybridized carbons (Fsp3) is 0.310. The lowest BCUT2D eigenvalue weighted by Crippen LogP contribution is -2.48. The molecule has 180 valence electrons. The predicted molar refractivity (Wildman–Crippen MR) is 141 cm³/mol. The Balaban J connectivity index is 1.25. The summed E-state index contributed by atoms with van der Waals surface area (Å²) in [5, 5.41) is 7.52. The summed E-state index contributed by atoms with van der Waals surface area (Å²) in [5.74, 6) is 0.0834. The van der Waals surface area contributed by atoms with Gasteiger partial charge in [0.2, 0.25) is 5.91 Å². The standard InChI is InChI=1S/C29H31ClN4O/c30-25(13-21-7-2-1-3-8-21)19-32-26-16-28(29(35)33-18-22-9-6-12-31-17-22)34(20-26)27-14-23-10-4-5-11-24(23)15-27/h1-13,17,26-28,32H,14-16,18-20H2,(H,33,35)/b25-13-/t26-,28-/m0/s1. The van der Waals surface area contributed by atoms with E-state index in [0.717, 1.165) is 42.0 Å². The van der Waals surface area contributed by atoms with Gasteiger partial charge in [0.15, 0.2) is 0 Å². The molecule has 0 unspecified atom stereocenters. The van der Waals surface area contributed by atoms with Gasteiger partial charge in [0.05, 0.1) is 6.04 Å². The van der Waals surface area contributed by atoms with Gasteiger partial charge in [-0.2, -0.15) is 0 Å². The van der Waals surface area contributed by atoms with Crippen molar-refractivity contribution in [3.8, 4) is 0 Å². The van der Waals surface area contributed by atoms with Crippen molar-refractivity contribution in [3.63, 3.8) is 0 Å². The summed E-state index contributed by atoms with van der Waals surface area (Å²) >= 11 is 6.53. The minimum atomic E-state index is -0.166. The van der Waals surface area contributed by atoms with Crippen LogP contribution in [0.4, 0.5) is 0 Å². The molecule has 2 heterocycles.